The summed E-state index contributed by atoms with van der Waals surface area (Å²) in [5.41, 5.74) is 0.793. The van der Waals surface area contributed by atoms with Crippen LogP contribution >= 0.6 is 0 Å². The van der Waals surface area contributed by atoms with Crippen LogP contribution in [0.5, 0.6) is 0 Å². The summed E-state index contributed by atoms with van der Waals surface area (Å²) in [7, 11) is 1.28. The van der Waals surface area contributed by atoms with Crippen molar-refractivity contribution in [2.75, 3.05) is 12.4 Å². The number of carboxylic acids is 1. The molecule has 1 amide bonds. The quantitative estimate of drug-likeness (QED) is 0.833. The van der Waals surface area contributed by atoms with Gasteiger partial charge in [-0.05, 0) is 31.0 Å². The number of anilines is 1. The van der Waals surface area contributed by atoms with Crippen LogP contribution in [0.25, 0.3) is 0 Å². The summed E-state index contributed by atoms with van der Waals surface area (Å²) in [5, 5.41) is 11.9. The van der Waals surface area contributed by atoms with Crippen molar-refractivity contribution in [1.82, 2.24) is 0 Å². The summed E-state index contributed by atoms with van der Waals surface area (Å²) in [4.78, 5) is 35.1. The summed E-state index contributed by atoms with van der Waals surface area (Å²) >= 11 is 0. The number of carbonyl (C=O) groups is 3. The highest BCUT2D eigenvalue weighted by molar-refractivity contribution is 5.97. The number of hydrogen-bond acceptors (Lipinski definition) is 4. The Kier molecular flexibility index (Phi) is 5.14. The second kappa shape index (κ2) is 7.06. The fraction of sp³-hybridized carbons (Fsp3) is 0.438. The van der Waals surface area contributed by atoms with Crippen molar-refractivity contribution in [3.05, 3.63) is 29.8 Å². The first kappa shape index (κ1) is 16.0. The van der Waals surface area contributed by atoms with Crippen LogP contribution in [0.3, 0.4) is 0 Å². The highest BCUT2D eigenvalue weighted by Crippen LogP contribution is 2.31. The summed E-state index contributed by atoms with van der Waals surface area (Å²) < 4.78 is 4.63. The van der Waals surface area contributed by atoms with Gasteiger partial charge in [0.2, 0.25) is 5.91 Å². The SMILES string of the molecule is COC(=O)c1cccc(NC(=O)C2CCCCC2C(=O)O)c1. The molecule has 0 aromatic heterocycles. The zero-order valence-electron chi connectivity index (χ0n) is 12.4. The number of nitrogens with one attached hydrogen (secondary N) is 1. The van der Waals surface area contributed by atoms with Crippen LogP contribution in [0.4, 0.5) is 5.69 Å². The minimum absolute atomic E-state index is 0.311. The average Bonchev–Trinajstić information content (AvgIpc) is 2.54. The lowest BCUT2D eigenvalue weighted by Crippen LogP contribution is -2.36. The Hall–Kier alpha value is -2.37. The van der Waals surface area contributed by atoms with Crippen LogP contribution in [0.15, 0.2) is 24.3 Å². The lowest BCUT2D eigenvalue weighted by atomic mass is 9.78. The highest BCUT2D eigenvalue weighted by Gasteiger charge is 2.35. The van der Waals surface area contributed by atoms with E-state index in [1.54, 1.807) is 18.2 Å². The summed E-state index contributed by atoms with van der Waals surface area (Å²) in [5.74, 6) is -2.90. The molecule has 2 atom stereocenters. The minimum Gasteiger partial charge on any atom is -0.481 e. The van der Waals surface area contributed by atoms with Gasteiger partial charge in [-0.15, -0.1) is 0 Å². The van der Waals surface area contributed by atoms with Gasteiger partial charge in [-0.3, -0.25) is 9.59 Å². The van der Waals surface area contributed by atoms with Gasteiger partial charge in [-0.1, -0.05) is 18.9 Å². The van der Waals surface area contributed by atoms with E-state index in [9.17, 15) is 19.5 Å². The maximum absolute atomic E-state index is 12.3. The minimum atomic E-state index is -0.928. The molecule has 0 bridgehead atoms. The molecule has 6 heteroatoms. The second-order valence-electron chi connectivity index (χ2n) is 5.40. The lowest BCUT2D eigenvalue weighted by molar-refractivity contribution is -0.147. The number of amides is 1. The number of esters is 1. The van der Waals surface area contributed by atoms with Crippen LogP contribution < -0.4 is 5.32 Å². The molecule has 1 aliphatic rings. The van der Waals surface area contributed by atoms with E-state index in [4.69, 9.17) is 0 Å². The van der Waals surface area contributed by atoms with Crippen molar-refractivity contribution < 1.29 is 24.2 Å². The van der Waals surface area contributed by atoms with E-state index >= 15 is 0 Å². The number of rotatable bonds is 4. The Balaban J connectivity index is 2.10. The van der Waals surface area contributed by atoms with Crippen molar-refractivity contribution >= 4 is 23.5 Å². The van der Waals surface area contributed by atoms with E-state index in [2.05, 4.69) is 10.1 Å². The molecule has 1 aromatic carbocycles. The monoisotopic (exact) mass is 305 g/mol. The third kappa shape index (κ3) is 3.63. The molecule has 0 aliphatic heterocycles. The van der Waals surface area contributed by atoms with E-state index in [1.807, 2.05) is 0 Å². The first-order valence-corrected chi connectivity index (χ1v) is 7.25. The molecule has 1 saturated carbocycles. The smallest absolute Gasteiger partial charge is 0.337 e. The molecule has 0 radical (unpaired) electrons. The predicted molar refractivity (Wildman–Crippen MR) is 79.5 cm³/mol. The number of hydrogen-bond donors (Lipinski definition) is 2. The molecule has 118 valence electrons. The lowest BCUT2D eigenvalue weighted by Gasteiger charge is -2.27. The van der Waals surface area contributed by atoms with Crippen LogP contribution in [-0.4, -0.2) is 30.1 Å². The van der Waals surface area contributed by atoms with Gasteiger partial charge in [-0.25, -0.2) is 4.79 Å². The van der Waals surface area contributed by atoms with E-state index in [0.717, 1.165) is 12.8 Å². The van der Waals surface area contributed by atoms with E-state index in [-0.39, 0.29) is 5.91 Å². The van der Waals surface area contributed by atoms with Crippen LogP contribution in [0.1, 0.15) is 36.0 Å². The molecule has 0 saturated heterocycles. The predicted octanol–water partition coefficient (Wildman–Crippen LogP) is 2.30. The molecule has 1 aromatic rings. The standard InChI is InChI=1S/C16H19NO5/c1-22-16(21)10-5-4-6-11(9-10)17-14(18)12-7-2-3-8-13(12)15(19)20/h4-6,9,12-13H,2-3,7-8H2,1H3,(H,17,18)(H,19,20). The number of ether oxygens (including phenoxy) is 1. The normalized spacial score (nSPS) is 21.0. The second-order valence-corrected chi connectivity index (χ2v) is 5.40. The fourth-order valence-corrected chi connectivity index (χ4v) is 2.82. The third-order valence-corrected chi connectivity index (χ3v) is 3.97. The molecular formula is C16H19NO5. The number of benzene rings is 1. The molecule has 22 heavy (non-hydrogen) atoms. The number of aliphatic carboxylic acids is 1. The highest BCUT2D eigenvalue weighted by atomic mass is 16.5. The number of methoxy groups -OCH3 is 1. The van der Waals surface area contributed by atoms with Gasteiger partial charge in [-0.2, -0.15) is 0 Å². The van der Waals surface area contributed by atoms with Gasteiger partial charge in [0.15, 0.2) is 0 Å². The first-order valence-electron chi connectivity index (χ1n) is 7.25. The molecule has 0 heterocycles. The Morgan fingerprint density at radius 3 is 2.50 bits per heavy atom. The Morgan fingerprint density at radius 1 is 1.18 bits per heavy atom. The van der Waals surface area contributed by atoms with Crippen molar-refractivity contribution in [3.63, 3.8) is 0 Å². The fourth-order valence-electron chi connectivity index (χ4n) is 2.82. The zero-order chi connectivity index (χ0) is 16.1. The van der Waals surface area contributed by atoms with Gasteiger partial charge in [0, 0.05) is 5.69 Å². The Labute approximate surface area is 128 Å². The van der Waals surface area contributed by atoms with E-state index in [1.165, 1.54) is 13.2 Å². The van der Waals surface area contributed by atoms with Gasteiger partial charge in [0.1, 0.15) is 0 Å². The largest absolute Gasteiger partial charge is 0.481 e. The zero-order valence-corrected chi connectivity index (χ0v) is 12.4. The third-order valence-electron chi connectivity index (χ3n) is 3.97. The summed E-state index contributed by atoms with van der Waals surface area (Å²) in [6.45, 7) is 0. The van der Waals surface area contributed by atoms with Gasteiger partial charge in [0.05, 0.1) is 24.5 Å². The average molecular weight is 305 g/mol. The van der Waals surface area contributed by atoms with Crippen molar-refractivity contribution in [1.29, 1.82) is 0 Å². The number of carbonyl (C=O) groups excluding carboxylic acids is 2. The molecule has 2 rings (SSSR count). The molecule has 1 fully saturated rings. The van der Waals surface area contributed by atoms with Crippen molar-refractivity contribution in [2.45, 2.75) is 25.7 Å². The summed E-state index contributed by atoms with van der Waals surface area (Å²) in [6.07, 6.45) is 2.78. The summed E-state index contributed by atoms with van der Waals surface area (Å²) in [6, 6.07) is 6.39. The van der Waals surface area contributed by atoms with Gasteiger partial charge < -0.3 is 15.2 Å². The molecule has 2 unspecified atom stereocenters. The molecular weight excluding hydrogens is 286 g/mol. The van der Waals surface area contributed by atoms with Gasteiger partial charge in [0.25, 0.3) is 0 Å². The Morgan fingerprint density at radius 2 is 1.86 bits per heavy atom. The van der Waals surface area contributed by atoms with Crippen molar-refractivity contribution in [3.8, 4) is 0 Å². The van der Waals surface area contributed by atoms with Crippen LogP contribution in [0.2, 0.25) is 0 Å². The molecule has 1 aliphatic carbocycles. The maximum Gasteiger partial charge on any atom is 0.337 e. The van der Waals surface area contributed by atoms with Gasteiger partial charge >= 0.3 is 11.9 Å². The van der Waals surface area contributed by atoms with Crippen molar-refractivity contribution in [2.24, 2.45) is 11.8 Å². The Bertz CT molecular complexity index is 584. The van der Waals surface area contributed by atoms with Crippen LogP contribution in [-0.2, 0) is 14.3 Å². The maximum atomic E-state index is 12.3. The van der Waals surface area contributed by atoms with E-state index in [0.29, 0.717) is 24.1 Å². The molecule has 2 N–H and O–H groups in total. The van der Waals surface area contributed by atoms with Crippen LogP contribution in [0, 0.1) is 11.8 Å². The molecule has 6 nitrogen and oxygen atoms in total. The number of carboxylic acid groups (broad SMARTS) is 1. The first-order chi connectivity index (χ1) is 10.5. The topological polar surface area (TPSA) is 92.7 Å². The van der Waals surface area contributed by atoms with E-state index < -0.39 is 23.8 Å². The molecule has 0 spiro atoms.